The fourth-order valence-electron chi connectivity index (χ4n) is 4.32. The summed E-state index contributed by atoms with van der Waals surface area (Å²) in [4.78, 5) is 18.0. The monoisotopic (exact) mass is 528 g/mol. The third-order valence-electron chi connectivity index (χ3n) is 6.16. The van der Waals surface area contributed by atoms with Crippen molar-refractivity contribution < 1.29 is 14.3 Å². The van der Waals surface area contributed by atoms with Crippen LogP contribution in [-0.4, -0.2) is 25.1 Å². The van der Waals surface area contributed by atoms with Gasteiger partial charge in [-0.05, 0) is 60.9 Å². The number of nitrogens with zero attached hydrogens (tertiary/aromatic N) is 1. The number of nitrogens with one attached hydrogen (secondary N) is 1. The SMILES string of the molecule is CCCC(CCC)C(=O)NCc1cc(-c2ccc(Cl)cc2Cl)c(-c2ccc(OC)cc2)nc1COC. The molecule has 192 valence electrons. The molecule has 36 heavy (non-hydrogen) atoms. The van der Waals surface area contributed by atoms with Crippen LogP contribution in [0, 0.1) is 5.92 Å². The van der Waals surface area contributed by atoms with Crippen LogP contribution in [0.3, 0.4) is 0 Å². The summed E-state index contributed by atoms with van der Waals surface area (Å²) >= 11 is 12.8. The van der Waals surface area contributed by atoms with Gasteiger partial charge >= 0.3 is 0 Å². The maximum Gasteiger partial charge on any atom is 0.223 e. The minimum Gasteiger partial charge on any atom is -0.497 e. The third kappa shape index (κ3) is 7.00. The molecule has 0 aliphatic carbocycles. The largest absolute Gasteiger partial charge is 0.497 e. The average Bonchev–Trinajstić information content (AvgIpc) is 2.88. The first kappa shape index (κ1) is 28.0. The van der Waals surface area contributed by atoms with E-state index in [2.05, 4.69) is 19.2 Å². The van der Waals surface area contributed by atoms with E-state index in [0.717, 1.165) is 65.1 Å². The summed E-state index contributed by atoms with van der Waals surface area (Å²) in [6, 6.07) is 15.2. The van der Waals surface area contributed by atoms with Crippen molar-refractivity contribution in [2.45, 2.75) is 52.7 Å². The molecule has 0 atom stereocenters. The fourth-order valence-corrected chi connectivity index (χ4v) is 4.83. The molecule has 2 aromatic carbocycles. The predicted molar refractivity (Wildman–Crippen MR) is 148 cm³/mol. The highest BCUT2D eigenvalue weighted by Gasteiger charge is 2.20. The lowest BCUT2D eigenvalue weighted by molar-refractivity contribution is -0.125. The lowest BCUT2D eigenvalue weighted by Gasteiger charge is -2.19. The molecule has 0 aliphatic rings. The molecule has 1 heterocycles. The Hall–Kier alpha value is -2.60. The zero-order valence-corrected chi connectivity index (χ0v) is 22.9. The average molecular weight is 530 g/mol. The molecule has 3 aromatic rings. The number of ether oxygens (including phenoxy) is 2. The Kier molecular flexibility index (Phi) is 10.6. The Morgan fingerprint density at radius 3 is 2.25 bits per heavy atom. The van der Waals surface area contributed by atoms with E-state index in [9.17, 15) is 4.79 Å². The lowest BCUT2D eigenvalue weighted by Crippen LogP contribution is -2.30. The maximum absolute atomic E-state index is 13.0. The van der Waals surface area contributed by atoms with E-state index in [1.54, 1.807) is 20.3 Å². The number of pyridine rings is 1. The summed E-state index contributed by atoms with van der Waals surface area (Å²) in [6.45, 7) is 4.89. The highest BCUT2D eigenvalue weighted by molar-refractivity contribution is 6.36. The minimum atomic E-state index is 0.0163. The van der Waals surface area contributed by atoms with Gasteiger partial charge in [-0.1, -0.05) is 56.0 Å². The van der Waals surface area contributed by atoms with Crippen LogP contribution in [0.1, 0.15) is 50.8 Å². The minimum absolute atomic E-state index is 0.0163. The Bertz CT molecular complexity index is 1160. The maximum atomic E-state index is 13.0. The number of hydrogen-bond acceptors (Lipinski definition) is 4. The van der Waals surface area contributed by atoms with Crippen molar-refractivity contribution in [3.05, 3.63) is 69.8 Å². The van der Waals surface area contributed by atoms with Crippen LogP contribution < -0.4 is 10.1 Å². The van der Waals surface area contributed by atoms with E-state index in [0.29, 0.717) is 23.2 Å². The molecule has 0 saturated heterocycles. The third-order valence-corrected chi connectivity index (χ3v) is 6.70. The van der Waals surface area contributed by atoms with Crippen molar-refractivity contribution in [2.75, 3.05) is 14.2 Å². The molecule has 1 amide bonds. The van der Waals surface area contributed by atoms with Gasteiger partial charge in [0.15, 0.2) is 0 Å². The first-order chi connectivity index (χ1) is 17.4. The van der Waals surface area contributed by atoms with Crippen molar-refractivity contribution in [1.82, 2.24) is 10.3 Å². The first-order valence-corrected chi connectivity index (χ1v) is 13.1. The number of rotatable bonds is 12. The number of aromatic nitrogens is 1. The molecule has 0 saturated carbocycles. The van der Waals surface area contributed by atoms with Crippen molar-refractivity contribution in [1.29, 1.82) is 0 Å². The highest BCUT2D eigenvalue weighted by atomic mass is 35.5. The number of carbonyl (C=O) groups is 1. The predicted octanol–water partition coefficient (Wildman–Crippen LogP) is 7.71. The van der Waals surface area contributed by atoms with E-state index in [-0.39, 0.29) is 11.8 Å². The second-order valence-corrected chi connectivity index (χ2v) is 9.61. The number of methoxy groups -OCH3 is 2. The summed E-state index contributed by atoms with van der Waals surface area (Å²) in [7, 11) is 3.27. The van der Waals surface area contributed by atoms with Gasteiger partial charge in [0.25, 0.3) is 0 Å². The van der Waals surface area contributed by atoms with E-state index in [1.165, 1.54) is 0 Å². The Morgan fingerprint density at radius 1 is 0.972 bits per heavy atom. The second-order valence-electron chi connectivity index (χ2n) is 8.77. The molecule has 0 fully saturated rings. The topological polar surface area (TPSA) is 60.5 Å². The molecule has 0 aliphatic heterocycles. The number of amides is 1. The van der Waals surface area contributed by atoms with E-state index < -0.39 is 0 Å². The Labute approximate surface area is 224 Å². The van der Waals surface area contributed by atoms with Crippen LogP contribution in [-0.2, 0) is 22.7 Å². The Morgan fingerprint density at radius 2 is 1.67 bits per heavy atom. The summed E-state index contributed by atoms with van der Waals surface area (Å²) in [5.74, 6) is 0.852. The molecule has 0 bridgehead atoms. The van der Waals surface area contributed by atoms with Gasteiger partial charge in [0, 0.05) is 46.3 Å². The van der Waals surface area contributed by atoms with Gasteiger partial charge in [-0.3, -0.25) is 4.79 Å². The van der Waals surface area contributed by atoms with E-state index in [4.69, 9.17) is 37.7 Å². The number of halogens is 2. The van der Waals surface area contributed by atoms with Crippen molar-refractivity contribution in [2.24, 2.45) is 5.92 Å². The van der Waals surface area contributed by atoms with Crippen molar-refractivity contribution in [3.63, 3.8) is 0 Å². The zero-order valence-electron chi connectivity index (χ0n) is 21.4. The number of carbonyl (C=O) groups excluding carboxylic acids is 1. The van der Waals surface area contributed by atoms with E-state index >= 15 is 0 Å². The number of hydrogen-bond donors (Lipinski definition) is 1. The molecule has 3 rings (SSSR count). The van der Waals surface area contributed by atoms with Gasteiger partial charge in [0.2, 0.25) is 5.91 Å². The van der Waals surface area contributed by atoms with Crippen LogP contribution >= 0.6 is 23.2 Å². The summed E-state index contributed by atoms with van der Waals surface area (Å²) in [5.41, 5.74) is 4.99. The molecular formula is C29H34Cl2N2O3. The molecule has 0 unspecified atom stereocenters. The lowest BCUT2D eigenvalue weighted by atomic mass is 9.95. The first-order valence-electron chi connectivity index (χ1n) is 12.3. The second kappa shape index (κ2) is 13.6. The molecule has 1 aromatic heterocycles. The Balaban J connectivity index is 2.08. The zero-order chi connectivity index (χ0) is 26.1. The van der Waals surface area contributed by atoms with Crippen LogP contribution in [0.15, 0.2) is 48.5 Å². The van der Waals surface area contributed by atoms with Gasteiger partial charge in [-0.15, -0.1) is 0 Å². The number of benzene rings is 2. The summed E-state index contributed by atoms with van der Waals surface area (Å²) in [5, 5.41) is 4.23. The highest BCUT2D eigenvalue weighted by Crippen LogP contribution is 2.38. The van der Waals surface area contributed by atoms with Crippen molar-refractivity contribution in [3.8, 4) is 28.1 Å². The molecule has 1 N–H and O–H groups in total. The standard InChI is InChI=1S/C29H34Cl2N2O3/c1-5-7-20(8-6-2)29(34)32-17-21-15-25(24-14-11-22(30)16-26(24)31)28(33-27(21)18-35-3)19-9-12-23(36-4)13-10-19/h9-16,20H,5-8,17-18H2,1-4H3,(H,32,34). The van der Waals surface area contributed by atoms with Gasteiger partial charge in [0.05, 0.1) is 25.1 Å². The normalized spacial score (nSPS) is 11.1. The molecular weight excluding hydrogens is 495 g/mol. The van der Waals surface area contributed by atoms with Crippen LogP contribution in [0.5, 0.6) is 5.75 Å². The summed E-state index contributed by atoms with van der Waals surface area (Å²) in [6.07, 6.45) is 3.71. The molecule has 0 radical (unpaired) electrons. The van der Waals surface area contributed by atoms with Crippen LogP contribution in [0.2, 0.25) is 10.0 Å². The molecule has 5 nitrogen and oxygen atoms in total. The van der Waals surface area contributed by atoms with Crippen molar-refractivity contribution >= 4 is 29.1 Å². The fraction of sp³-hybridized carbons (Fsp3) is 0.379. The smallest absolute Gasteiger partial charge is 0.223 e. The van der Waals surface area contributed by atoms with Gasteiger partial charge in [0.1, 0.15) is 5.75 Å². The quantitative estimate of drug-likeness (QED) is 0.261. The van der Waals surface area contributed by atoms with E-state index in [1.807, 2.05) is 42.5 Å². The van der Waals surface area contributed by atoms with Crippen LogP contribution in [0.4, 0.5) is 0 Å². The van der Waals surface area contributed by atoms with Crippen LogP contribution in [0.25, 0.3) is 22.4 Å². The summed E-state index contributed by atoms with van der Waals surface area (Å²) < 4.78 is 10.8. The van der Waals surface area contributed by atoms with Gasteiger partial charge in [-0.25, -0.2) is 4.98 Å². The molecule has 0 spiro atoms. The molecule has 7 heteroatoms. The van der Waals surface area contributed by atoms with Gasteiger partial charge < -0.3 is 14.8 Å². The van der Waals surface area contributed by atoms with Gasteiger partial charge in [-0.2, -0.15) is 0 Å².